The monoisotopic (exact) mass is 576 g/mol. The van der Waals surface area contributed by atoms with Crippen molar-refractivity contribution in [1.29, 1.82) is 0 Å². The average Bonchev–Trinajstić information content (AvgIpc) is 2.93. The molecule has 11 heteroatoms. The van der Waals surface area contributed by atoms with Gasteiger partial charge < -0.3 is 14.9 Å². The van der Waals surface area contributed by atoms with E-state index >= 15 is 4.39 Å². The summed E-state index contributed by atoms with van der Waals surface area (Å²) in [5.74, 6) is -0.898. The average molecular weight is 577 g/mol. The standard InChI is InChI=1S/C30H30ClFN6O3/c1-6-23(40)36-12-13-37(18(5)15-36)28-19-14-20(31)26(24-21(32)8-7-9-22(24)39)34-29(19)38(30(41)35-28)27-17(4)10-11-33-25(27)16(2)3/h6-11,14,16,18,39H,1,12-13,15H2,2-5H3. The Morgan fingerprint density at radius 3 is 2.66 bits per heavy atom. The van der Waals surface area contributed by atoms with Crippen LogP contribution in [0, 0.1) is 12.7 Å². The molecular formula is C30H30ClFN6O3. The molecule has 0 bridgehead atoms. The van der Waals surface area contributed by atoms with Gasteiger partial charge in [-0.3, -0.25) is 9.78 Å². The number of rotatable bonds is 5. The lowest BCUT2D eigenvalue weighted by atomic mass is 10.0. The first kappa shape index (κ1) is 28.2. The van der Waals surface area contributed by atoms with Crippen molar-refractivity contribution < 1.29 is 14.3 Å². The molecule has 0 radical (unpaired) electrons. The Morgan fingerprint density at radius 1 is 1.24 bits per heavy atom. The van der Waals surface area contributed by atoms with Gasteiger partial charge in [-0.15, -0.1) is 0 Å². The molecule has 0 saturated carbocycles. The van der Waals surface area contributed by atoms with Crippen LogP contribution < -0.4 is 10.6 Å². The maximum atomic E-state index is 15.0. The van der Waals surface area contributed by atoms with Gasteiger partial charge in [0, 0.05) is 31.9 Å². The quantitative estimate of drug-likeness (QED) is 0.334. The first-order chi connectivity index (χ1) is 19.5. The van der Waals surface area contributed by atoms with Crippen molar-refractivity contribution in [3.63, 3.8) is 0 Å². The molecule has 1 unspecified atom stereocenters. The molecule has 1 aromatic carbocycles. The fourth-order valence-electron chi connectivity index (χ4n) is 5.33. The van der Waals surface area contributed by atoms with Crippen LogP contribution in [0.1, 0.15) is 37.9 Å². The number of halogens is 2. The van der Waals surface area contributed by atoms with Crippen LogP contribution in [-0.2, 0) is 4.79 Å². The number of phenols is 1. The van der Waals surface area contributed by atoms with E-state index in [1.165, 1.54) is 28.8 Å². The molecule has 5 rings (SSSR count). The summed E-state index contributed by atoms with van der Waals surface area (Å²) in [5.41, 5.74) is 1.39. The van der Waals surface area contributed by atoms with Gasteiger partial charge in [0.1, 0.15) is 17.4 Å². The number of carbonyl (C=O) groups excluding carboxylic acids is 1. The fourth-order valence-corrected chi connectivity index (χ4v) is 5.58. The first-order valence-corrected chi connectivity index (χ1v) is 13.7. The van der Waals surface area contributed by atoms with Gasteiger partial charge in [-0.25, -0.2) is 18.7 Å². The molecule has 3 aromatic heterocycles. The van der Waals surface area contributed by atoms with Crippen LogP contribution >= 0.6 is 11.6 Å². The van der Waals surface area contributed by atoms with Crippen molar-refractivity contribution in [1.82, 2.24) is 24.4 Å². The molecule has 0 aliphatic carbocycles. The van der Waals surface area contributed by atoms with Crippen LogP contribution in [0.3, 0.4) is 0 Å². The van der Waals surface area contributed by atoms with E-state index in [0.717, 1.165) is 5.56 Å². The van der Waals surface area contributed by atoms with E-state index in [2.05, 4.69) is 16.5 Å². The van der Waals surface area contributed by atoms with Crippen molar-refractivity contribution in [3.05, 3.63) is 81.8 Å². The Labute approximate surface area is 241 Å². The predicted molar refractivity (Wildman–Crippen MR) is 157 cm³/mol. The molecule has 1 atom stereocenters. The highest BCUT2D eigenvalue weighted by molar-refractivity contribution is 6.34. The number of aromatic hydroxyl groups is 1. The number of nitrogens with zero attached hydrogens (tertiary/aromatic N) is 6. The Kier molecular flexibility index (Phi) is 7.52. The number of phenolic OH excluding ortho intramolecular Hbond substituents is 1. The number of aromatic nitrogens is 4. The summed E-state index contributed by atoms with van der Waals surface area (Å²) in [6, 6.07) is 7.13. The largest absolute Gasteiger partial charge is 0.507 e. The fraction of sp³-hybridized carbons (Fsp3) is 0.300. The number of amides is 1. The number of carbonyl (C=O) groups is 1. The molecule has 1 saturated heterocycles. The summed E-state index contributed by atoms with van der Waals surface area (Å²) < 4.78 is 16.4. The zero-order valence-corrected chi connectivity index (χ0v) is 24.0. The molecule has 41 heavy (non-hydrogen) atoms. The lowest BCUT2D eigenvalue weighted by molar-refractivity contribution is -0.126. The van der Waals surface area contributed by atoms with Crippen LogP contribution in [0.5, 0.6) is 5.75 Å². The summed E-state index contributed by atoms with van der Waals surface area (Å²) in [7, 11) is 0. The summed E-state index contributed by atoms with van der Waals surface area (Å²) in [4.78, 5) is 43.6. The van der Waals surface area contributed by atoms with Crippen LogP contribution in [-0.4, -0.2) is 61.1 Å². The van der Waals surface area contributed by atoms with Gasteiger partial charge in [0.2, 0.25) is 5.91 Å². The van der Waals surface area contributed by atoms with Crippen LogP contribution in [0.15, 0.2) is 54.0 Å². The number of fused-ring (bicyclic) bond motifs is 1. The SMILES string of the molecule is C=CC(=O)N1CCN(c2nc(=O)n(-c3c(C)ccnc3C(C)C)c3nc(-c4c(O)cccc4F)c(Cl)cc23)C(C)C1. The molecular weight excluding hydrogens is 547 g/mol. The molecule has 0 spiro atoms. The number of anilines is 1. The van der Waals surface area contributed by atoms with Crippen molar-refractivity contribution >= 4 is 34.4 Å². The number of hydrogen-bond donors (Lipinski definition) is 1. The zero-order chi connectivity index (χ0) is 29.6. The zero-order valence-electron chi connectivity index (χ0n) is 23.2. The lowest BCUT2D eigenvalue weighted by Crippen LogP contribution is -2.54. The molecule has 1 aliphatic heterocycles. The van der Waals surface area contributed by atoms with E-state index in [1.54, 1.807) is 23.2 Å². The van der Waals surface area contributed by atoms with E-state index in [4.69, 9.17) is 16.6 Å². The molecule has 1 N–H and O–H groups in total. The predicted octanol–water partition coefficient (Wildman–Crippen LogP) is 5.00. The Morgan fingerprint density at radius 2 is 2.00 bits per heavy atom. The van der Waals surface area contributed by atoms with Crippen LogP contribution in [0.25, 0.3) is 28.0 Å². The highest BCUT2D eigenvalue weighted by Crippen LogP contribution is 2.39. The molecule has 1 fully saturated rings. The second-order valence-corrected chi connectivity index (χ2v) is 10.8. The molecule has 4 heterocycles. The maximum absolute atomic E-state index is 15.0. The first-order valence-electron chi connectivity index (χ1n) is 13.3. The van der Waals surface area contributed by atoms with Gasteiger partial charge >= 0.3 is 5.69 Å². The minimum atomic E-state index is -0.709. The van der Waals surface area contributed by atoms with Crippen LogP contribution in [0.4, 0.5) is 10.2 Å². The van der Waals surface area contributed by atoms with E-state index < -0.39 is 11.5 Å². The normalized spacial score (nSPS) is 15.5. The highest BCUT2D eigenvalue weighted by Gasteiger charge is 2.30. The minimum absolute atomic E-state index is 0.0119. The molecule has 4 aromatic rings. The van der Waals surface area contributed by atoms with E-state index in [-0.39, 0.29) is 45.5 Å². The summed E-state index contributed by atoms with van der Waals surface area (Å²) in [6.45, 7) is 12.5. The van der Waals surface area contributed by atoms with E-state index in [1.807, 2.05) is 32.6 Å². The van der Waals surface area contributed by atoms with Gasteiger partial charge in [-0.1, -0.05) is 38.1 Å². The van der Waals surface area contributed by atoms with E-state index in [0.29, 0.717) is 42.2 Å². The number of hydrogen-bond acceptors (Lipinski definition) is 7. The Balaban J connectivity index is 1.83. The highest BCUT2D eigenvalue weighted by atomic mass is 35.5. The molecule has 1 aliphatic rings. The van der Waals surface area contributed by atoms with E-state index in [9.17, 15) is 14.7 Å². The second kappa shape index (κ2) is 10.9. The van der Waals surface area contributed by atoms with Gasteiger partial charge in [-0.2, -0.15) is 4.98 Å². The van der Waals surface area contributed by atoms with Crippen molar-refractivity contribution in [3.8, 4) is 22.7 Å². The van der Waals surface area contributed by atoms with Gasteiger partial charge in [0.25, 0.3) is 0 Å². The van der Waals surface area contributed by atoms with Gasteiger partial charge in [-0.05, 0) is 55.7 Å². The third kappa shape index (κ3) is 4.93. The molecule has 1 amide bonds. The van der Waals surface area contributed by atoms with Crippen LogP contribution in [0.2, 0.25) is 5.02 Å². The third-order valence-electron chi connectivity index (χ3n) is 7.34. The second-order valence-electron chi connectivity index (χ2n) is 10.4. The number of benzene rings is 1. The molecule has 212 valence electrons. The van der Waals surface area contributed by atoms with Gasteiger partial charge in [0.05, 0.1) is 33.0 Å². The smallest absolute Gasteiger partial charge is 0.355 e. The maximum Gasteiger partial charge on any atom is 0.355 e. The summed E-state index contributed by atoms with van der Waals surface area (Å²) in [6.07, 6.45) is 2.96. The summed E-state index contributed by atoms with van der Waals surface area (Å²) >= 11 is 6.71. The summed E-state index contributed by atoms with van der Waals surface area (Å²) in [5, 5.41) is 11.1. The topological polar surface area (TPSA) is 104 Å². The van der Waals surface area contributed by atoms with Crippen molar-refractivity contribution in [2.75, 3.05) is 24.5 Å². The van der Waals surface area contributed by atoms with Crippen molar-refractivity contribution in [2.24, 2.45) is 0 Å². The van der Waals surface area contributed by atoms with Crippen molar-refractivity contribution in [2.45, 2.75) is 39.7 Å². The Hall–Kier alpha value is -4.31. The molecule has 9 nitrogen and oxygen atoms in total. The number of pyridine rings is 2. The third-order valence-corrected chi connectivity index (χ3v) is 7.63. The minimum Gasteiger partial charge on any atom is -0.507 e. The lowest BCUT2D eigenvalue weighted by Gasteiger charge is -2.40. The van der Waals surface area contributed by atoms with Gasteiger partial charge in [0.15, 0.2) is 5.65 Å². The number of aryl methyl sites for hydroxylation is 1. The Bertz CT molecular complexity index is 1730. The number of piperazine rings is 1.